The molecule has 4 nitrogen and oxygen atoms in total. The van der Waals surface area contributed by atoms with E-state index in [1.807, 2.05) is 30.3 Å². The zero-order valence-electron chi connectivity index (χ0n) is 12.7. The summed E-state index contributed by atoms with van der Waals surface area (Å²) in [5.74, 6) is 1.24. The molecular formula is C17H20ClNO3. The number of nitrogens with one attached hydrogen (secondary N) is 1. The van der Waals surface area contributed by atoms with Crippen LogP contribution in [0.1, 0.15) is 17.2 Å². The van der Waals surface area contributed by atoms with Crippen molar-refractivity contribution in [2.45, 2.75) is 12.6 Å². The predicted molar refractivity (Wildman–Crippen MR) is 87.7 cm³/mol. The number of aliphatic hydroxyl groups excluding tert-OH is 1. The molecule has 0 heterocycles. The Morgan fingerprint density at radius 3 is 2.50 bits per heavy atom. The maximum absolute atomic E-state index is 10.3. The largest absolute Gasteiger partial charge is 0.493 e. The van der Waals surface area contributed by atoms with Gasteiger partial charge in [-0.05, 0) is 29.3 Å². The normalized spacial score (nSPS) is 12.0. The maximum atomic E-state index is 10.3. The first-order valence-corrected chi connectivity index (χ1v) is 7.37. The second kappa shape index (κ2) is 8.03. The molecule has 5 heteroatoms. The Morgan fingerprint density at radius 1 is 1.09 bits per heavy atom. The molecule has 0 aliphatic heterocycles. The van der Waals surface area contributed by atoms with Crippen molar-refractivity contribution in [1.82, 2.24) is 5.32 Å². The highest BCUT2D eigenvalue weighted by Gasteiger charge is 2.11. The van der Waals surface area contributed by atoms with Gasteiger partial charge in [-0.25, -0.2) is 0 Å². The third-order valence-corrected chi connectivity index (χ3v) is 3.77. The summed E-state index contributed by atoms with van der Waals surface area (Å²) in [4.78, 5) is 0. The van der Waals surface area contributed by atoms with E-state index in [0.717, 1.165) is 16.1 Å². The van der Waals surface area contributed by atoms with Crippen molar-refractivity contribution in [3.05, 3.63) is 58.6 Å². The van der Waals surface area contributed by atoms with Crippen LogP contribution in [0, 0.1) is 0 Å². The van der Waals surface area contributed by atoms with Crippen LogP contribution >= 0.6 is 11.6 Å². The molecule has 2 rings (SSSR count). The lowest BCUT2D eigenvalue weighted by Crippen LogP contribution is -2.21. The Labute approximate surface area is 135 Å². The minimum Gasteiger partial charge on any atom is -0.493 e. The molecule has 0 spiro atoms. The zero-order chi connectivity index (χ0) is 15.9. The van der Waals surface area contributed by atoms with Gasteiger partial charge >= 0.3 is 0 Å². The highest BCUT2D eigenvalue weighted by atomic mass is 35.5. The average molecular weight is 322 g/mol. The third kappa shape index (κ3) is 4.13. The number of hydrogen-bond donors (Lipinski definition) is 2. The third-order valence-electron chi connectivity index (χ3n) is 3.40. The van der Waals surface area contributed by atoms with Crippen LogP contribution in [0.4, 0.5) is 0 Å². The molecule has 2 N–H and O–H groups in total. The van der Waals surface area contributed by atoms with Crippen LogP contribution in [0.25, 0.3) is 0 Å². The SMILES string of the molecule is COc1ccc(C(O)CNCc2ccccc2Cl)cc1OC. The molecule has 118 valence electrons. The van der Waals surface area contributed by atoms with Crippen LogP contribution in [0.15, 0.2) is 42.5 Å². The number of ether oxygens (including phenoxy) is 2. The van der Waals surface area contributed by atoms with Gasteiger partial charge in [-0.2, -0.15) is 0 Å². The molecule has 0 bridgehead atoms. The van der Waals surface area contributed by atoms with Crippen LogP contribution in [0.5, 0.6) is 11.5 Å². The number of hydrogen-bond acceptors (Lipinski definition) is 4. The molecule has 0 radical (unpaired) electrons. The number of benzene rings is 2. The van der Waals surface area contributed by atoms with Crippen LogP contribution < -0.4 is 14.8 Å². The number of rotatable bonds is 7. The Hall–Kier alpha value is -1.75. The summed E-state index contributed by atoms with van der Waals surface area (Å²) >= 11 is 6.10. The summed E-state index contributed by atoms with van der Waals surface area (Å²) in [5, 5.41) is 14.2. The van der Waals surface area contributed by atoms with Crippen molar-refractivity contribution >= 4 is 11.6 Å². The highest BCUT2D eigenvalue weighted by molar-refractivity contribution is 6.31. The molecule has 1 unspecified atom stereocenters. The topological polar surface area (TPSA) is 50.7 Å². The van der Waals surface area contributed by atoms with Gasteiger partial charge in [-0.3, -0.25) is 0 Å². The lowest BCUT2D eigenvalue weighted by atomic mass is 10.1. The molecule has 2 aromatic rings. The van der Waals surface area contributed by atoms with E-state index in [2.05, 4.69) is 5.32 Å². The van der Waals surface area contributed by atoms with Crippen molar-refractivity contribution in [1.29, 1.82) is 0 Å². The lowest BCUT2D eigenvalue weighted by molar-refractivity contribution is 0.174. The van der Waals surface area contributed by atoms with E-state index in [9.17, 15) is 5.11 Å². The first-order valence-electron chi connectivity index (χ1n) is 6.99. The predicted octanol–water partition coefficient (Wildman–Crippen LogP) is 3.18. The molecule has 0 saturated heterocycles. The molecule has 0 fully saturated rings. The average Bonchev–Trinajstić information content (AvgIpc) is 2.55. The molecule has 0 aliphatic carbocycles. The van der Waals surface area contributed by atoms with Crippen LogP contribution in [-0.2, 0) is 6.54 Å². The minimum absolute atomic E-state index is 0.417. The maximum Gasteiger partial charge on any atom is 0.161 e. The summed E-state index contributed by atoms with van der Waals surface area (Å²) in [7, 11) is 3.16. The van der Waals surface area contributed by atoms with E-state index in [1.165, 1.54) is 0 Å². The Morgan fingerprint density at radius 2 is 1.82 bits per heavy atom. The minimum atomic E-state index is -0.637. The van der Waals surface area contributed by atoms with Crippen LogP contribution in [-0.4, -0.2) is 25.9 Å². The van der Waals surface area contributed by atoms with Crippen molar-refractivity contribution in [2.24, 2.45) is 0 Å². The monoisotopic (exact) mass is 321 g/mol. The summed E-state index contributed by atoms with van der Waals surface area (Å²) in [6.07, 6.45) is -0.637. The first kappa shape index (κ1) is 16.6. The quantitative estimate of drug-likeness (QED) is 0.822. The first-order chi connectivity index (χ1) is 10.7. The fourth-order valence-electron chi connectivity index (χ4n) is 2.16. The number of methoxy groups -OCH3 is 2. The van der Waals surface area contributed by atoms with Gasteiger partial charge < -0.3 is 19.9 Å². The van der Waals surface area contributed by atoms with Gasteiger partial charge in [-0.1, -0.05) is 35.9 Å². The van der Waals surface area contributed by atoms with E-state index in [4.69, 9.17) is 21.1 Å². The van der Waals surface area contributed by atoms with Gasteiger partial charge in [0.2, 0.25) is 0 Å². The smallest absolute Gasteiger partial charge is 0.161 e. The van der Waals surface area contributed by atoms with Gasteiger partial charge in [0, 0.05) is 18.1 Å². The molecule has 0 aromatic heterocycles. The number of halogens is 1. The summed E-state index contributed by atoms with van der Waals surface area (Å²) in [6, 6.07) is 13.0. The van der Waals surface area contributed by atoms with E-state index in [0.29, 0.717) is 24.6 Å². The standard InChI is InChI=1S/C17H20ClNO3/c1-21-16-8-7-12(9-17(16)22-2)15(20)11-19-10-13-5-3-4-6-14(13)18/h3-9,15,19-20H,10-11H2,1-2H3. The molecule has 22 heavy (non-hydrogen) atoms. The van der Waals surface area contributed by atoms with E-state index in [1.54, 1.807) is 26.4 Å². The molecule has 0 aliphatic rings. The zero-order valence-corrected chi connectivity index (χ0v) is 13.4. The summed E-state index contributed by atoms with van der Waals surface area (Å²) in [5.41, 5.74) is 1.77. The van der Waals surface area contributed by atoms with Crippen molar-refractivity contribution < 1.29 is 14.6 Å². The molecule has 0 saturated carbocycles. The molecule has 1 atom stereocenters. The van der Waals surface area contributed by atoms with Gasteiger partial charge in [0.05, 0.1) is 20.3 Å². The summed E-state index contributed by atoms with van der Waals surface area (Å²) < 4.78 is 10.4. The fourth-order valence-corrected chi connectivity index (χ4v) is 2.37. The second-order valence-corrected chi connectivity index (χ2v) is 5.26. The second-order valence-electron chi connectivity index (χ2n) is 4.85. The molecule has 2 aromatic carbocycles. The van der Waals surface area contributed by atoms with Crippen molar-refractivity contribution in [2.75, 3.05) is 20.8 Å². The van der Waals surface area contributed by atoms with Crippen LogP contribution in [0.3, 0.4) is 0 Å². The van der Waals surface area contributed by atoms with Gasteiger partial charge in [-0.15, -0.1) is 0 Å². The van der Waals surface area contributed by atoms with E-state index < -0.39 is 6.10 Å². The Balaban J connectivity index is 1.95. The van der Waals surface area contributed by atoms with Gasteiger partial charge in [0.25, 0.3) is 0 Å². The molecule has 0 amide bonds. The number of aliphatic hydroxyl groups is 1. The highest BCUT2D eigenvalue weighted by Crippen LogP contribution is 2.29. The van der Waals surface area contributed by atoms with Crippen molar-refractivity contribution in [3.63, 3.8) is 0 Å². The van der Waals surface area contributed by atoms with Crippen LogP contribution in [0.2, 0.25) is 5.02 Å². The van der Waals surface area contributed by atoms with Gasteiger partial charge in [0.15, 0.2) is 11.5 Å². The lowest BCUT2D eigenvalue weighted by Gasteiger charge is -2.15. The van der Waals surface area contributed by atoms with E-state index in [-0.39, 0.29) is 0 Å². The Bertz CT molecular complexity index is 619. The fraction of sp³-hybridized carbons (Fsp3) is 0.294. The van der Waals surface area contributed by atoms with E-state index >= 15 is 0 Å². The van der Waals surface area contributed by atoms with Gasteiger partial charge in [0.1, 0.15) is 0 Å². The molecular weight excluding hydrogens is 302 g/mol. The van der Waals surface area contributed by atoms with Crippen molar-refractivity contribution in [3.8, 4) is 11.5 Å². The Kier molecular flexibility index (Phi) is 6.07. The summed E-state index contributed by atoms with van der Waals surface area (Å²) in [6.45, 7) is 1.02.